The third-order valence-corrected chi connectivity index (χ3v) is 6.68. The number of benzene rings is 3. The largest absolute Gasteiger partial charge is 0.508 e. The van der Waals surface area contributed by atoms with Gasteiger partial charge in [0, 0.05) is 18.7 Å². The molecule has 0 aliphatic heterocycles. The van der Waals surface area contributed by atoms with Crippen LogP contribution in [0.2, 0.25) is 0 Å². The van der Waals surface area contributed by atoms with E-state index in [4.69, 9.17) is 17.3 Å². The van der Waals surface area contributed by atoms with Crippen molar-refractivity contribution in [3.8, 4) is 11.5 Å². The number of hydrazine groups is 1. The zero-order chi connectivity index (χ0) is 29.1. The molecule has 0 aliphatic carbocycles. The van der Waals surface area contributed by atoms with Crippen molar-refractivity contribution < 1.29 is 23.1 Å². The number of aromatic hydroxyl groups is 1. The first-order valence-electron chi connectivity index (χ1n) is 12.3. The van der Waals surface area contributed by atoms with E-state index in [0.717, 1.165) is 24.0 Å². The highest BCUT2D eigenvalue weighted by Crippen LogP contribution is 2.36. The van der Waals surface area contributed by atoms with Crippen molar-refractivity contribution in [1.29, 1.82) is 0 Å². The second-order valence-corrected chi connectivity index (χ2v) is 9.46. The van der Waals surface area contributed by atoms with Crippen LogP contribution in [-0.2, 0) is 23.9 Å². The van der Waals surface area contributed by atoms with Gasteiger partial charge in [0.05, 0.1) is 23.7 Å². The van der Waals surface area contributed by atoms with Gasteiger partial charge < -0.3 is 19.9 Å². The van der Waals surface area contributed by atoms with E-state index in [0.29, 0.717) is 5.56 Å². The molecule has 0 aromatic heterocycles. The normalized spacial score (nSPS) is 10.9. The number of nitrogens with one attached hydrogen (secondary N) is 4. The zero-order valence-corrected chi connectivity index (χ0v) is 22.7. The summed E-state index contributed by atoms with van der Waals surface area (Å²) in [6.07, 6.45) is 1.64. The third-order valence-electron chi connectivity index (χ3n) is 5.64. The first-order chi connectivity index (χ1) is 19.3. The number of hydrogen-bond donors (Lipinski definition) is 5. The van der Waals surface area contributed by atoms with Crippen molar-refractivity contribution in [2.75, 3.05) is 18.5 Å². The number of phenols is 1. The first kappa shape index (κ1) is 29.5. The molecule has 3 aromatic carbocycles. The monoisotopic (exact) mass is 560 g/mol. The van der Waals surface area contributed by atoms with Gasteiger partial charge in [-0.1, -0.05) is 19.9 Å². The number of hydrogen-bond acceptors (Lipinski definition) is 6. The Bertz CT molecular complexity index is 1470. The van der Waals surface area contributed by atoms with Gasteiger partial charge in [-0.05, 0) is 72.5 Å². The summed E-state index contributed by atoms with van der Waals surface area (Å²) < 4.78 is 18.4. The number of urea groups is 1. The Morgan fingerprint density at radius 3 is 2.10 bits per heavy atom. The van der Waals surface area contributed by atoms with E-state index >= 15 is 0 Å². The van der Waals surface area contributed by atoms with Gasteiger partial charge in [0.15, 0.2) is 11.4 Å². The molecule has 3 amide bonds. The molecule has 0 saturated heterocycles. The predicted octanol–water partition coefficient (Wildman–Crippen LogP) is 4.78. The predicted molar refractivity (Wildman–Crippen MR) is 152 cm³/mol. The number of aryl methyl sites for hydroxylation is 2. The van der Waals surface area contributed by atoms with Crippen LogP contribution in [-0.4, -0.2) is 34.3 Å². The second-order valence-electron chi connectivity index (χ2n) is 8.38. The Labute approximate surface area is 234 Å². The SMILES string of the molecule is [C-]#[N+]c1cc(NNC(=O)NCCNC(=O)c2cc(CC)cc(CC)c2)c(S(=O)Oc2ccc(O)cc2)cc1[N+]#[C-]. The fourth-order valence-electron chi connectivity index (χ4n) is 3.53. The summed E-state index contributed by atoms with van der Waals surface area (Å²) in [5.41, 5.74) is 7.76. The molecule has 0 saturated carbocycles. The van der Waals surface area contributed by atoms with Gasteiger partial charge in [-0.2, -0.15) is 0 Å². The summed E-state index contributed by atoms with van der Waals surface area (Å²) in [4.78, 5) is 31.5. The molecule has 0 spiro atoms. The van der Waals surface area contributed by atoms with Crippen LogP contribution >= 0.6 is 0 Å². The summed E-state index contributed by atoms with van der Waals surface area (Å²) in [5, 5.41) is 14.8. The molecule has 0 heterocycles. The fraction of sp³-hybridized carbons (Fsp3) is 0.214. The molecule has 206 valence electrons. The lowest BCUT2D eigenvalue weighted by Crippen LogP contribution is -2.42. The summed E-state index contributed by atoms with van der Waals surface area (Å²) in [5.74, 6) is -0.0401. The molecule has 3 aromatic rings. The van der Waals surface area contributed by atoms with Gasteiger partial charge in [0.1, 0.15) is 11.5 Å². The highest BCUT2D eigenvalue weighted by molar-refractivity contribution is 7.80. The molecule has 40 heavy (non-hydrogen) atoms. The first-order valence-corrected chi connectivity index (χ1v) is 13.4. The van der Waals surface area contributed by atoms with Crippen molar-refractivity contribution in [2.45, 2.75) is 31.6 Å². The van der Waals surface area contributed by atoms with Gasteiger partial charge in [-0.15, -0.1) is 0 Å². The maximum Gasteiger partial charge on any atom is 0.333 e. The van der Waals surface area contributed by atoms with Gasteiger partial charge in [0.2, 0.25) is 11.1 Å². The molecular weight excluding hydrogens is 532 g/mol. The minimum Gasteiger partial charge on any atom is -0.508 e. The summed E-state index contributed by atoms with van der Waals surface area (Å²) >= 11 is -2.13. The molecule has 0 bridgehead atoms. The molecule has 11 nitrogen and oxygen atoms in total. The van der Waals surface area contributed by atoms with E-state index in [1.807, 2.05) is 26.0 Å². The molecule has 0 aliphatic rings. The molecular formula is C28H28N6O5S. The summed E-state index contributed by atoms with van der Waals surface area (Å²) in [6.45, 7) is 19.0. The van der Waals surface area contributed by atoms with Crippen molar-refractivity contribution in [1.82, 2.24) is 16.1 Å². The van der Waals surface area contributed by atoms with Crippen LogP contribution in [0.4, 0.5) is 21.9 Å². The van der Waals surface area contributed by atoms with Crippen molar-refractivity contribution in [2.24, 2.45) is 0 Å². The van der Waals surface area contributed by atoms with Crippen molar-refractivity contribution in [3.63, 3.8) is 0 Å². The molecule has 1 unspecified atom stereocenters. The maximum atomic E-state index is 12.9. The molecule has 0 fully saturated rings. The quantitative estimate of drug-likeness (QED) is 0.130. The third kappa shape index (κ3) is 7.96. The lowest BCUT2D eigenvalue weighted by atomic mass is 10.0. The van der Waals surface area contributed by atoms with Crippen LogP contribution in [0.5, 0.6) is 11.5 Å². The van der Waals surface area contributed by atoms with Gasteiger partial charge in [0.25, 0.3) is 5.91 Å². The summed E-state index contributed by atoms with van der Waals surface area (Å²) in [6, 6.07) is 13.2. The van der Waals surface area contributed by atoms with E-state index in [1.165, 1.54) is 36.4 Å². The average molecular weight is 561 g/mol. The molecule has 5 N–H and O–H groups in total. The fourth-order valence-corrected chi connectivity index (χ4v) is 4.40. The Morgan fingerprint density at radius 2 is 1.50 bits per heavy atom. The number of carbonyl (C=O) groups is 2. The summed E-state index contributed by atoms with van der Waals surface area (Å²) in [7, 11) is 0. The van der Waals surface area contributed by atoms with Crippen LogP contribution in [0.3, 0.4) is 0 Å². The van der Waals surface area contributed by atoms with Gasteiger partial charge >= 0.3 is 6.03 Å². The lowest BCUT2D eigenvalue weighted by molar-refractivity contribution is 0.0953. The Balaban J connectivity index is 1.59. The second kappa shape index (κ2) is 14.2. The van der Waals surface area contributed by atoms with Gasteiger partial charge in [-0.25, -0.2) is 9.00 Å². The molecule has 3 rings (SSSR count). The number of nitrogens with zero attached hydrogens (tertiary/aromatic N) is 2. The standard InChI is InChI=1S/C28H28N6O5S/c1-5-18-13-19(6-2)15-20(14-18)27(36)31-11-12-32-28(37)34-33-25-16-23(29-3)24(30-4)17-26(25)40(38)39-22-9-7-21(35)8-10-22/h7-10,13-17,33,35H,5-6,11-12H2,1-2H3,(H,31,36)(H2,32,34,37). The smallest absolute Gasteiger partial charge is 0.333 e. The van der Waals surface area contributed by atoms with E-state index in [9.17, 15) is 18.9 Å². The topological polar surface area (TPSA) is 138 Å². The van der Waals surface area contributed by atoms with Crippen LogP contribution in [0.1, 0.15) is 35.3 Å². The Kier molecular flexibility index (Phi) is 10.5. The Hall–Kier alpha value is -5.07. The molecule has 12 heteroatoms. The van der Waals surface area contributed by atoms with Crippen LogP contribution in [0.25, 0.3) is 9.69 Å². The van der Waals surface area contributed by atoms with E-state index < -0.39 is 17.1 Å². The number of anilines is 1. The lowest BCUT2D eigenvalue weighted by Gasteiger charge is -2.15. The number of rotatable bonds is 11. The highest BCUT2D eigenvalue weighted by atomic mass is 32.2. The van der Waals surface area contributed by atoms with Crippen LogP contribution < -0.4 is 25.7 Å². The minimum atomic E-state index is -2.13. The minimum absolute atomic E-state index is 0.00305. The van der Waals surface area contributed by atoms with E-state index in [1.54, 1.807) is 0 Å². The van der Waals surface area contributed by atoms with Crippen LogP contribution in [0.15, 0.2) is 59.5 Å². The van der Waals surface area contributed by atoms with Gasteiger partial charge in [-0.3, -0.25) is 25.3 Å². The van der Waals surface area contributed by atoms with Crippen molar-refractivity contribution in [3.05, 3.63) is 94.1 Å². The van der Waals surface area contributed by atoms with Crippen molar-refractivity contribution >= 4 is 40.1 Å². The zero-order valence-electron chi connectivity index (χ0n) is 21.9. The molecule has 1 atom stereocenters. The number of amides is 3. The van der Waals surface area contributed by atoms with E-state index in [-0.39, 0.29) is 52.5 Å². The molecule has 0 radical (unpaired) electrons. The van der Waals surface area contributed by atoms with Crippen LogP contribution in [0, 0.1) is 13.1 Å². The number of carbonyl (C=O) groups excluding carboxylic acids is 2. The Morgan fingerprint density at radius 1 is 0.900 bits per heavy atom. The average Bonchev–Trinajstić information content (AvgIpc) is 2.98. The highest BCUT2D eigenvalue weighted by Gasteiger charge is 2.18. The maximum absolute atomic E-state index is 12.9. The van der Waals surface area contributed by atoms with E-state index in [2.05, 4.69) is 37.2 Å². The number of phenolic OH excluding ortho intramolecular Hbond substituents is 1.